The Hall–Kier alpha value is -1.95. The normalized spacial score (nSPS) is 14.2. The third kappa shape index (κ3) is 2.27. The molecular weight excluding hydrogens is 279 g/mol. The van der Waals surface area contributed by atoms with E-state index in [1.54, 1.807) is 17.9 Å². The largest absolute Gasteiger partial charge is 0.505 e. The third-order valence-corrected chi connectivity index (χ3v) is 4.50. The van der Waals surface area contributed by atoms with Crippen molar-refractivity contribution in [2.24, 2.45) is 0 Å². The van der Waals surface area contributed by atoms with Crippen molar-refractivity contribution in [3.8, 4) is 16.3 Å². The van der Waals surface area contributed by atoms with E-state index in [9.17, 15) is 14.3 Å². The number of thiazole rings is 1. The van der Waals surface area contributed by atoms with Crippen molar-refractivity contribution in [3.05, 3.63) is 34.6 Å². The number of carbonyl (C=O) groups is 1. The number of phenolic OH excluding ortho intramolecular Hbond substituents is 1. The molecule has 1 amide bonds. The predicted octanol–water partition coefficient (Wildman–Crippen LogP) is 2.56. The zero-order valence-corrected chi connectivity index (χ0v) is 11.7. The highest BCUT2D eigenvalue weighted by atomic mass is 32.1. The third-order valence-electron chi connectivity index (χ3n) is 3.37. The summed E-state index contributed by atoms with van der Waals surface area (Å²) in [6, 6.07) is 4.25. The number of carbonyl (C=O) groups excluding carboxylic acids is 1. The van der Waals surface area contributed by atoms with E-state index in [-0.39, 0.29) is 11.7 Å². The van der Waals surface area contributed by atoms with Crippen LogP contribution < -0.4 is 0 Å². The lowest BCUT2D eigenvalue weighted by atomic mass is 10.1. The Morgan fingerprint density at radius 2 is 2.30 bits per heavy atom. The van der Waals surface area contributed by atoms with Crippen molar-refractivity contribution >= 4 is 17.2 Å². The lowest BCUT2D eigenvalue weighted by Crippen LogP contribution is -2.33. The van der Waals surface area contributed by atoms with E-state index in [0.717, 1.165) is 22.0 Å². The van der Waals surface area contributed by atoms with Crippen LogP contribution in [0.25, 0.3) is 10.6 Å². The number of rotatable bonds is 1. The van der Waals surface area contributed by atoms with Crippen LogP contribution in [-0.4, -0.2) is 27.4 Å². The Balaban J connectivity index is 1.94. The molecule has 1 aromatic heterocycles. The van der Waals surface area contributed by atoms with Crippen molar-refractivity contribution < 1.29 is 14.3 Å². The fourth-order valence-electron chi connectivity index (χ4n) is 2.23. The van der Waals surface area contributed by atoms with Gasteiger partial charge in [0.1, 0.15) is 5.01 Å². The SMILES string of the molecule is CC(=O)N1CCc2nc(-c3ccc(O)c(F)c3)sc2C1. The minimum absolute atomic E-state index is 0.0567. The summed E-state index contributed by atoms with van der Waals surface area (Å²) in [4.78, 5) is 18.7. The molecule has 0 radical (unpaired) electrons. The van der Waals surface area contributed by atoms with Crippen molar-refractivity contribution in [1.82, 2.24) is 9.88 Å². The van der Waals surface area contributed by atoms with Crippen LogP contribution in [-0.2, 0) is 17.8 Å². The molecule has 2 heterocycles. The van der Waals surface area contributed by atoms with Crippen LogP contribution in [0.4, 0.5) is 4.39 Å². The zero-order chi connectivity index (χ0) is 14.3. The summed E-state index contributed by atoms with van der Waals surface area (Å²) in [5, 5.41) is 9.93. The topological polar surface area (TPSA) is 53.4 Å². The van der Waals surface area contributed by atoms with E-state index < -0.39 is 5.82 Å². The molecule has 0 aliphatic carbocycles. The first-order valence-corrected chi connectivity index (χ1v) is 7.09. The van der Waals surface area contributed by atoms with Crippen molar-refractivity contribution in [2.75, 3.05) is 6.54 Å². The second-order valence-electron chi connectivity index (χ2n) is 4.75. The molecule has 1 aliphatic heterocycles. The second-order valence-corrected chi connectivity index (χ2v) is 5.83. The predicted molar refractivity (Wildman–Crippen MR) is 74.0 cm³/mol. The van der Waals surface area contributed by atoms with Crippen LogP contribution in [0, 0.1) is 5.82 Å². The van der Waals surface area contributed by atoms with Gasteiger partial charge in [-0.15, -0.1) is 11.3 Å². The molecule has 1 N–H and O–H groups in total. The number of hydrogen-bond donors (Lipinski definition) is 1. The van der Waals surface area contributed by atoms with Gasteiger partial charge in [-0.1, -0.05) is 0 Å². The minimum atomic E-state index is -0.652. The van der Waals surface area contributed by atoms with Crippen molar-refractivity contribution in [3.63, 3.8) is 0 Å². The van der Waals surface area contributed by atoms with Crippen LogP contribution in [0.15, 0.2) is 18.2 Å². The Morgan fingerprint density at radius 3 is 3.00 bits per heavy atom. The Bertz CT molecular complexity index is 684. The first kappa shape index (κ1) is 13.1. The number of aromatic hydroxyl groups is 1. The summed E-state index contributed by atoms with van der Waals surface area (Å²) in [5.41, 5.74) is 1.63. The maximum atomic E-state index is 13.4. The van der Waals surface area contributed by atoms with Gasteiger partial charge >= 0.3 is 0 Å². The summed E-state index contributed by atoms with van der Waals surface area (Å²) >= 11 is 1.47. The quantitative estimate of drug-likeness (QED) is 0.879. The molecule has 0 spiro atoms. The second kappa shape index (κ2) is 4.86. The van der Waals surface area contributed by atoms with Gasteiger partial charge in [-0.3, -0.25) is 4.79 Å². The molecule has 2 aromatic rings. The van der Waals surface area contributed by atoms with Gasteiger partial charge < -0.3 is 10.0 Å². The highest BCUT2D eigenvalue weighted by Crippen LogP contribution is 2.33. The average Bonchev–Trinajstić information content (AvgIpc) is 2.84. The molecular formula is C14H13FN2O2S. The number of halogens is 1. The van der Waals surface area contributed by atoms with Gasteiger partial charge in [0.15, 0.2) is 11.6 Å². The molecule has 0 bridgehead atoms. The van der Waals surface area contributed by atoms with Crippen LogP contribution >= 0.6 is 11.3 Å². The van der Waals surface area contributed by atoms with Crippen LogP contribution in [0.3, 0.4) is 0 Å². The number of hydrogen-bond acceptors (Lipinski definition) is 4. The fourth-order valence-corrected chi connectivity index (χ4v) is 3.35. The molecule has 6 heteroatoms. The maximum Gasteiger partial charge on any atom is 0.219 e. The maximum absolute atomic E-state index is 13.4. The summed E-state index contributed by atoms with van der Waals surface area (Å²) in [5.74, 6) is -0.958. The number of phenols is 1. The number of amides is 1. The summed E-state index contributed by atoms with van der Waals surface area (Å²) < 4.78 is 13.4. The minimum Gasteiger partial charge on any atom is -0.505 e. The molecule has 0 saturated heterocycles. The van der Waals surface area contributed by atoms with Gasteiger partial charge in [0, 0.05) is 30.3 Å². The molecule has 1 aromatic carbocycles. The van der Waals surface area contributed by atoms with E-state index in [1.807, 2.05) is 0 Å². The number of fused-ring (bicyclic) bond motifs is 1. The summed E-state index contributed by atoms with van der Waals surface area (Å²) in [7, 11) is 0. The van der Waals surface area contributed by atoms with Crippen molar-refractivity contribution in [1.29, 1.82) is 0 Å². The van der Waals surface area contributed by atoms with Gasteiger partial charge in [0.2, 0.25) is 5.91 Å². The Labute approximate surface area is 119 Å². The highest BCUT2D eigenvalue weighted by Gasteiger charge is 2.22. The van der Waals surface area contributed by atoms with E-state index in [2.05, 4.69) is 4.98 Å². The van der Waals surface area contributed by atoms with E-state index in [1.165, 1.54) is 23.5 Å². The van der Waals surface area contributed by atoms with E-state index in [0.29, 0.717) is 18.7 Å². The lowest BCUT2D eigenvalue weighted by molar-refractivity contribution is -0.129. The van der Waals surface area contributed by atoms with E-state index >= 15 is 0 Å². The van der Waals surface area contributed by atoms with Gasteiger partial charge in [-0.2, -0.15) is 0 Å². The average molecular weight is 292 g/mol. The number of benzene rings is 1. The Morgan fingerprint density at radius 1 is 1.50 bits per heavy atom. The molecule has 0 unspecified atom stereocenters. The number of aromatic nitrogens is 1. The molecule has 0 saturated carbocycles. The van der Waals surface area contributed by atoms with E-state index in [4.69, 9.17) is 0 Å². The molecule has 1 aliphatic rings. The summed E-state index contributed by atoms with van der Waals surface area (Å²) in [6.45, 7) is 2.81. The number of nitrogens with zero attached hydrogens (tertiary/aromatic N) is 2. The highest BCUT2D eigenvalue weighted by molar-refractivity contribution is 7.15. The van der Waals surface area contributed by atoms with Crippen LogP contribution in [0.1, 0.15) is 17.5 Å². The van der Waals surface area contributed by atoms with Crippen LogP contribution in [0.2, 0.25) is 0 Å². The van der Waals surface area contributed by atoms with Gasteiger partial charge in [-0.05, 0) is 18.2 Å². The van der Waals surface area contributed by atoms with Crippen molar-refractivity contribution in [2.45, 2.75) is 19.9 Å². The fraction of sp³-hybridized carbons (Fsp3) is 0.286. The summed E-state index contributed by atoms with van der Waals surface area (Å²) in [6.07, 6.45) is 0.728. The van der Waals surface area contributed by atoms with Gasteiger partial charge in [-0.25, -0.2) is 9.37 Å². The lowest BCUT2D eigenvalue weighted by Gasteiger charge is -2.24. The van der Waals surface area contributed by atoms with Gasteiger partial charge in [0.05, 0.1) is 12.2 Å². The first-order chi connectivity index (χ1) is 9.54. The van der Waals surface area contributed by atoms with Crippen LogP contribution in [0.5, 0.6) is 5.75 Å². The molecule has 0 atom stereocenters. The molecule has 3 rings (SSSR count). The smallest absolute Gasteiger partial charge is 0.219 e. The molecule has 4 nitrogen and oxygen atoms in total. The standard InChI is InChI=1S/C14H13FN2O2S/c1-8(18)17-5-4-11-13(7-17)20-14(16-11)9-2-3-12(19)10(15)6-9/h2-3,6,19H,4-5,7H2,1H3. The zero-order valence-electron chi connectivity index (χ0n) is 10.9. The molecule has 104 valence electrons. The van der Waals surface area contributed by atoms with Gasteiger partial charge in [0.25, 0.3) is 0 Å². The molecule has 0 fully saturated rings. The Kier molecular flexibility index (Phi) is 3.17. The first-order valence-electron chi connectivity index (χ1n) is 6.27. The molecule has 20 heavy (non-hydrogen) atoms. The monoisotopic (exact) mass is 292 g/mol.